The molecule has 7 nitrogen and oxygen atoms in total. The first kappa shape index (κ1) is 14.7. The average molecular weight is 299 g/mol. The standard InChI is InChI=1S/C12H17N3O4S/c1-20(18,19)15-7-5-9(6-8-15)13-12(17)10-3-2-4-11(16)14-10/h2-4,9H,5-8H2,1H3,(H,13,17)(H,14,16). The van der Waals surface area contributed by atoms with Crippen LogP contribution in [-0.4, -0.2) is 49.0 Å². The van der Waals surface area contributed by atoms with Crippen molar-refractivity contribution in [3.8, 4) is 0 Å². The summed E-state index contributed by atoms with van der Waals surface area (Å²) in [5, 5.41) is 2.80. The quantitative estimate of drug-likeness (QED) is 0.788. The fraction of sp³-hybridized carbons (Fsp3) is 0.500. The number of hydrogen-bond donors (Lipinski definition) is 2. The second kappa shape index (κ2) is 5.76. The molecule has 0 spiro atoms. The summed E-state index contributed by atoms with van der Waals surface area (Å²) in [5.41, 5.74) is -0.118. The Labute approximate surface area is 117 Å². The Balaban J connectivity index is 1.93. The highest BCUT2D eigenvalue weighted by Gasteiger charge is 2.25. The van der Waals surface area contributed by atoms with Crippen LogP contribution in [0.4, 0.5) is 0 Å². The smallest absolute Gasteiger partial charge is 0.268 e. The van der Waals surface area contributed by atoms with Gasteiger partial charge in [0.1, 0.15) is 5.69 Å². The fourth-order valence-corrected chi connectivity index (χ4v) is 3.05. The molecule has 1 aliphatic rings. The third-order valence-corrected chi connectivity index (χ3v) is 4.57. The molecule has 0 bridgehead atoms. The van der Waals surface area contributed by atoms with E-state index < -0.39 is 10.0 Å². The SMILES string of the molecule is CS(=O)(=O)N1CCC(NC(=O)c2cccc(=O)[nH]2)CC1. The minimum Gasteiger partial charge on any atom is -0.348 e. The molecule has 2 rings (SSSR count). The molecule has 1 aliphatic heterocycles. The lowest BCUT2D eigenvalue weighted by Crippen LogP contribution is -2.46. The van der Waals surface area contributed by atoms with Crippen LogP contribution in [0.15, 0.2) is 23.0 Å². The van der Waals surface area contributed by atoms with Crippen molar-refractivity contribution >= 4 is 15.9 Å². The predicted molar refractivity (Wildman–Crippen MR) is 74.0 cm³/mol. The molecule has 1 amide bonds. The van der Waals surface area contributed by atoms with E-state index in [2.05, 4.69) is 10.3 Å². The van der Waals surface area contributed by atoms with Gasteiger partial charge in [0.25, 0.3) is 5.91 Å². The summed E-state index contributed by atoms with van der Waals surface area (Å²) in [4.78, 5) is 25.5. The van der Waals surface area contributed by atoms with Crippen molar-refractivity contribution in [1.29, 1.82) is 0 Å². The Morgan fingerprint density at radius 3 is 2.55 bits per heavy atom. The first-order valence-electron chi connectivity index (χ1n) is 6.31. The Kier molecular flexibility index (Phi) is 4.24. The van der Waals surface area contributed by atoms with Crippen LogP contribution in [-0.2, 0) is 10.0 Å². The van der Waals surface area contributed by atoms with E-state index in [1.54, 1.807) is 0 Å². The topological polar surface area (TPSA) is 99.3 Å². The molecule has 1 fully saturated rings. The van der Waals surface area contributed by atoms with Gasteiger partial charge in [-0.3, -0.25) is 9.59 Å². The number of piperidine rings is 1. The lowest BCUT2D eigenvalue weighted by atomic mass is 10.1. The summed E-state index contributed by atoms with van der Waals surface area (Å²) in [6.07, 6.45) is 2.31. The van der Waals surface area contributed by atoms with Crippen LogP contribution < -0.4 is 10.9 Å². The zero-order chi connectivity index (χ0) is 14.8. The van der Waals surface area contributed by atoms with Crippen molar-refractivity contribution in [3.63, 3.8) is 0 Å². The number of pyridine rings is 1. The van der Waals surface area contributed by atoms with Gasteiger partial charge in [0, 0.05) is 25.2 Å². The van der Waals surface area contributed by atoms with Crippen LogP contribution in [0.1, 0.15) is 23.3 Å². The van der Waals surface area contributed by atoms with Crippen LogP contribution in [0.2, 0.25) is 0 Å². The fourth-order valence-electron chi connectivity index (χ4n) is 2.18. The molecule has 0 aliphatic carbocycles. The molecule has 1 saturated heterocycles. The third kappa shape index (κ3) is 3.67. The van der Waals surface area contributed by atoms with Crippen LogP contribution in [0.5, 0.6) is 0 Å². The number of nitrogens with zero attached hydrogens (tertiary/aromatic N) is 1. The molecule has 2 heterocycles. The summed E-state index contributed by atoms with van der Waals surface area (Å²) in [5.74, 6) is -0.347. The molecule has 0 saturated carbocycles. The number of aromatic amines is 1. The molecule has 1 aromatic heterocycles. The number of H-pyrrole nitrogens is 1. The second-order valence-corrected chi connectivity index (χ2v) is 6.82. The molecule has 0 atom stereocenters. The van der Waals surface area contributed by atoms with Crippen LogP contribution in [0, 0.1) is 0 Å². The minimum absolute atomic E-state index is 0.0794. The van der Waals surface area contributed by atoms with Crippen molar-refractivity contribution in [2.24, 2.45) is 0 Å². The maximum absolute atomic E-state index is 11.9. The molecule has 8 heteroatoms. The van der Waals surface area contributed by atoms with E-state index in [-0.39, 0.29) is 23.2 Å². The zero-order valence-electron chi connectivity index (χ0n) is 11.1. The molecule has 20 heavy (non-hydrogen) atoms. The van der Waals surface area contributed by atoms with Gasteiger partial charge in [0.2, 0.25) is 15.6 Å². The van der Waals surface area contributed by atoms with Gasteiger partial charge >= 0.3 is 0 Å². The Hall–Kier alpha value is -1.67. The van der Waals surface area contributed by atoms with E-state index in [0.717, 1.165) is 0 Å². The predicted octanol–water partition coefficient (Wildman–Crippen LogP) is -0.471. The van der Waals surface area contributed by atoms with E-state index in [4.69, 9.17) is 0 Å². The third-order valence-electron chi connectivity index (χ3n) is 3.27. The Bertz CT molecular complexity index is 645. The first-order chi connectivity index (χ1) is 9.36. The van der Waals surface area contributed by atoms with Crippen LogP contribution in [0.3, 0.4) is 0 Å². The number of carbonyl (C=O) groups excluding carboxylic acids is 1. The van der Waals surface area contributed by atoms with Gasteiger partial charge < -0.3 is 10.3 Å². The van der Waals surface area contributed by atoms with Gasteiger partial charge in [-0.05, 0) is 18.9 Å². The van der Waals surface area contributed by atoms with Crippen molar-refractivity contribution in [1.82, 2.24) is 14.6 Å². The molecule has 110 valence electrons. The van der Waals surface area contributed by atoms with Crippen molar-refractivity contribution in [3.05, 3.63) is 34.2 Å². The molecule has 2 N–H and O–H groups in total. The molecule has 0 unspecified atom stereocenters. The number of rotatable bonds is 3. The number of hydrogen-bond acceptors (Lipinski definition) is 4. The molecule has 0 aromatic carbocycles. The number of amides is 1. The van der Waals surface area contributed by atoms with E-state index >= 15 is 0 Å². The van der Waals surface area contributed by atoms with Gasteiger partial charge in [-0.15, -0.1) is 0 Å². The van der Waals surface area contributed by atoms with Gasteiger partial charge in [-0.25, -0.2) is 12.7 Å². The van der Waals surface area contributed by atoms with E-state index in [1.165, 1.54) is 28.8 Å². The number of carbonyl (C=O) groups is 1. The summed E-state index contributed by atoms with van der Waals surface area (Å²) in [6, 6.07) is 4.30. The highest BCUT2D eigenvalue weighted by Crippen LogP contribution is 2.13. The van der Waals surface area contributed by atoms with Crippen molar-refractivity contribution < 1.29 is 13.2 Å². The maximum atomic E-state index is 11.9. The molecule has 1 aromatic rings. The minimum atomic E-state index is -3.16. The van der Waals surface area contributed by atoms with E-state index in [0.29, 0.717) is 25.9 Å². The largest absolute Gasteiger partial charge is 0.348 e. The number of nitrogens with one attached hydrogen (secondary N) is 2. The highest BCUT2D eigenvalue weighted by molar-refractivity contribution is 7.88. The van der Waals surface area contributed by atoms with Gasteiger partial charge in [-0.1, -0.05) is 6.07 Å². The van der Waals surface area contributed by atoms with Crippen molar-refractivity contribution in [2.75, 3.05) is 19.3 Å². The number of sulfonamides is 1. The van der Waals surface area contributed by atoms with Gasteiger partial charge in [0.05, 0.1) is 6.26 Å². The first-order valence-corrected chi connectivity index (χ1v) is 8.16. The second-order valence-electron chi connectivity index (χ2n) is 4.84. The summed E-state index contributed by atoms with van der Waals surface area (Å²) < 4.78 is 24.1. The normalized spacial score (nSPS) is 17.9. The van der Waals surface area contributed by atoms with E-state index in [9.17, 15) is 18.0 Å². The van der Waals surface area contributed by atoms with Crippen LogP contribution in [0.25, 0.3) is 0 Å². The zero-order valence-corrected chi connectivity index (χ0v) is 11.9. The molecular weight excluding hydrogens is 282 g/mol. The highest BCUT2D eigenvalue weighted by atomic mass is 32.2. The lowest BCUT2D eigenvalue weighted by molar-refractivity contribution is 0.0918. The Morgan fingerprint density at radius 1 is 1.35 bits per heavy atom. The molecular formula is C12H17N3O4S. The maximum Gasteiger partial charge on any atom is 0.268 e. The molecule has 0 radical (unpaired) electrons. The van der Waals surface area contributed by atoms with Gasteiger partial charge in [0.15, 0.2) is 0 Å². The summed E-state index contributed by atoms with van der Waals surface area (Å²) in [6.45, 7) is 0.796. The average Bonchev–Trinajstić information content (AvgIpc) is 2.38. The monoisotopic (exact) mass is 299 g/mol. The van der Waals surface area contributed by atoms with Crippen molar-refractivity contribution in [2.45, 2.75) is 18.9 Å². The summed E-state index contributed by atoms with van der Waals surface area (Å²) in [7, 11) is -3.16. The lowest BCUT2D eigenvalue weighted by Gasteiger charge is -2.30. The van der Waals surface area contributed by atoms with E-state index in [1.807, 2.05) is 0 Å². The summed E-state index contributed by atoms with van der Waals surface area (Å²) >= 11 is 0. The Morgan fingerprint density at radius 2 is 2.00 bits per heavy atom. The van der Waals surface area contributed by atoms with Gasteiger partial charge in [-0.2, -0.15) is 0 Å². The number of aromatic nitrogens is 1. The van der Waals surface area contributed by atoms with Crippen LogP contribution >= 0.6 is 0 Å².